The van der Waals surface area contributed by atoms with Crippen molar-refractivity contribution in [3.63, 3.8) is 0 Å². The summed E-state index contributed by atoms with van der Waals surface area (Å²) >= 11 is 6.00. The van der Waals surface area contributed by atoms with Gasteiger partial charge in [0, 0.05) is 8.04 Å². The molecule has 0 radical (unpaired) electrons. The van der Waals surface area contributed by atoms with Crippen molar-refractivity contribution in [3.05, 3.63) is 80.8 Å². The third-order valence-corrected chi connectivity index (χ3v) is 7.05. The van der Waals surface area contributed by atoms with Crippen LogP contribution in [-0.4, -0.2) is 0 Å². The summed E-state index contributed by atoms with van der Waals surface area (Å²) in [6.45, 7) is 0. The summed E-state index contributed by atoms with van der Waals surface area (Å²) in [7, 11) is 0. The first-order valence-corrected chi connectivity index (χ1v) is 9.71. The second kappa shape index (κ2) is 5.43. The van der Waals surface area contributed by atoms with Crippen molar-refractivity contribution in [3.8, 4) is 11.1 Å². The van der Waals surface area contributed by atoms with Crippen LogP contribution in [0, 0.1) is 3.57 Å². The first-order valence-electron chi connectivity index (χ1n) is 7.84. The SMILES string of the molecule is Brc1cc(-c2cc3ccc4cccc5ccc(c2)c3c45)ccc1I. The van der Waals surface area contributed by atoms with Crippen LogP contribution >= 0.6 is 38.5 Å². The zero-order chi connectivity index (χ0) is 16.3. The molecule has 0 N–H and O–H groups in total. The van der Waals surface area contributed by atoms with Gasteiger partial charge in [0.15, 0.2) is 0 Å². The molecule has 0 atom stereocenters. The first-order chi connectivity index (χ1) is 11.7. The number of rotatable bonds is 1. The van der Waals surface area contributed by atoms with E-state index in [0.29, 0.717) is 0 Å². The molecule has 0 aliphatic carbocycles. The van der Waals surface area contributed by atoms with Gasteiger partial charge in [0.1, 0.15) is 0 Å². The number of halogens is 2. The molecule has 5 rings (SSSR count). The molecular formula is C22H12BrI. The van der Waals surface area contributed by atoms with Gasteiger partial charge in [0.05, 0.1) is 0 Å². The quantitative estimate of drug-likeness (QED) is 0.170. The summed E-state index contributed by atoms with van der Waals surface area (Å²) in [5.74, 6) is 0. The van der Waals surface area contributed by atoms with Crippen LogP contribution in [0.3, 0.4) is 0 Å². The van der Waals surface area contributed by atoms with Crippen molar-refractivity contribution in [2.24, 2.45) is 0 Å². The van der Waals surface area contributed by atoms with E-state index in [4.69, 9.17) is 0 Å². The normalized spacial score (nSPS) is 11.8. The van der Waals surface area contributed by atoms with Crippen molar-refractivity contribution in [2.75, 3.05) is 0 Å². The molecule has 0 bridgehead atoms. The van der Waals surface area contributed by atoms with Gasteiger partial charge in [-0.3, -0.25) is 0 Å². The minimum absolute atomic E-state index is 1.14. The maximum atomic E-state index is 3.65. The van der Waals surface area contributed by atoms with Gasteiger partial charge in [-0.05, 0) is 106 Å². The van der Waals surface area contributed by atoms with Gasteiger partial charge in [-0.15, -0.1) is 0 Å². The molecule has 0 aromatic heterocycles. The molecule has 0 amide bonds. The van der Waals surface area contributed by atoms with Crippen LogP contribution in [0.4, 0.5) is 0 Å². The third kappa shape index (κ3) is 2.16. The van der Waals surface area contributed by atoms with Gasteiger partial charge in [0.2, 0.25) is 0 Å². The van der Waals surface area contributed by atoms with Crippen LogP contribution in [0.25, 0.3) is 43.4 Å². The smallest absolute Gasteiger partial charge is 0.0315 e. The first kappa shape index (κ1) is 14.7. The lowest BCUT2D eigenvalue weighted by Gasteiger charge is -2.13. The van der Waals surface area contributed by atoms with E-state index in [-0.39, 0.29) is 0 Å². The number of benzene rings is 5. The monoisotopic (exact) mass is 482 g/mol. The predicted octanol–water partition coefficient (Wildman–Crippen LogP) is 7.62. The highest BCUT2D eigenvalue weighted by atomic mass is 127. The van der Waals surface area contributed by atoms with Crippen LogP contribution in [-0.2, 0) is 0 Å². The Balaban J connectivity index is 1.87. The molecule has 5 aromatic rings. The van der Waals surface area contributed by atoms with Gasteiger partial charge in [-0.25, -0.2) is 0 Å². The molecule has 2 heteroatoms. The zero-order valence-electron chi connectivity index (χ0n) is 12.7. The van der Waals surface area contributed by atoms with Crippen molar-refractivity contribution < 1.29 is 0 Å². The largest absolute Gasteiger partial charge is 0.0610 e. The summed E-state index contributed by atoms with van der Waals surface area (Å²) < 4.78 is 2.37. The van der Waals surface area contributed by atoms with Gasteiger partial charge >= 0.3 is 0 Å². The summed E-state index contributed by atoms with van der Waals surface area (Å²) in [5, 5.41) is 8.00. The predicted molar refractivity (Wildman–Crippen MR) is 116 cm³/mol. The fraction of sp³-hybridized carbons (Fsp3) is 0. The standard InChI is InChI=1S/C22H12BrI/c23-19-12-15(8-9-20(19)24)18-10-16-6-4-13-2-1-3-14-5-7-17(11-18)22(16)21(13)14/h1-12H. The maximum Gasteiger partial charge on any atom is 0.0315 e. The molecule has 114 valence electrons. The van der Waals surface area contributed by atoms with E-state index in [1.165, 1.54) is 47.0 Å². The Bertz CT molecular complexity index is 1160. The number of hydrogen-bond donors (Lipinski definition) is 0. The molecule has 0 fully saturated rings. The second-order valence-corrected chi connectivity index (χ2v) is 8.15. The Morgan fingerprint density at radius 2 is 1.17 bits per heavy atom. The Labute approximate surface area is 162 Å². The van der Waals surface area contributed by atoms with E-state index in [0.717, 1.165) is 4.47 Å². The van der Waals surface area contributed by atoms with Crippen LogP contribution in [0.1, 0.15) is 0 Å². The molecule has 0 spiro atoms. The van der Waals surface area contributed by atoms with E-state index in [2.05, 4.69) is 111 Å². The zero-order valence-corrected chi connectivity index (χ0v) is 16.4. The average molecular weight is 483 g/mol. The highest BCUT2D eigenvalue weighted by Gasteiger charge is 2.10. The fourth-order valence-corrected chi connectivity index (χ4v) is 4.31. The Morgan fingerprint density at radius 3 is 1.79 bits per heavy atom. The molecule has 0 aliphatic heterocycles. The van der Waals surface area contributed by atoms with Gasteiger partial charge < -0.3 is 0 Å². The highest BCUT2D eigenvalue weighted by molar-refractivity contribution is 14.1. The van der Waals surface area contributed by atoms with E-state index in [1.807, 2.05) is 0 Å². The van der Waals surface area contributed by atoms with Gasteiger partial charge in [-0.1, -0.05) is 48.5 Å². The van der Waals surface area contributed by atoms with Crippen LogP contribution in [0.15, 0.2) is 77.3 Å². The van der Waals surface area contributed by atoms with E-state index >= 15 is 0 Å². The van der Waals surface area contributed by atoms with Crippen molar-refractivity contribution in [2.45, 2.75) is 0 Å². The lowest BCUT2D eigenvalue weighted by atomic mass is 9.91. The lowest BCUT2D eigenvalue weighted by molar-refractivity contribution is 1.57. The maximum absolute atomic E-state index is 3.65. The highest BCUT2D eigenvalue weighted by Crippen LogP contribution is 2.37. The van der Waals surface area contributed by atoms with Crippen LogP contribution in [0.5, 0.6) is 0 Å². The lowest BCUT2D eigenvalue weighted by Crippen LogP contribution is -1.86. The molecule has 0 heterocycles. The van der Waals surface area contributed by atoms with Crippen molar-refractivity contribution in [1.29, 1.82) is 0 Å². The van der Waals surface area contributed by atoms with Crippen molar-refractivity contribution in [1.82, 2.24) is 0 Å². The summed E-state index contributed by atoms with van der Waals surface area (Å²) in [5.41, 5.74) is 2.51. The Hall–Kier alpha value is -1.65. The number of hydrogen-bond acceptors (Lipinski definition) is 0. The minimum Gasteiger partial charge on any atom is -0.0610 e. The van der Waals surface area contributed by atoms with Crippen LogP contribution in [0.2, 0.25) is 0 Å². The molecule has 5 aromatic carbocycles. The summed E-state index contributed by atoms with van der Waals surface area (Å²) in [6.07, 6.45) is 0. The molecule has 0 aliphatic rings. The Kier molecular flexibility index (Phi) is 3.32. The average Bonchev–Trinajstić information content (AvgIpc) is 2.62. The van der Waals surface area contributed by atoms with Gasteiger partial charge in [-0.2, -0.15) is 0 Å². The molecular weight excluding hydrogens is 471 g/mol. The van der Waals surface area contributed by atoms with Crippen LogP contribution < -0.4 is 0 Å². The molecule has 0 unspecified atom stereocenters. The third-order valence-electron chi connectivity index (χ3n) is 4.72. The topological polar surface area (TPSA) is 0 Å². The Morgan fingerprint density at radius 1 is 0.583 bits per heavy atom. The van der Waals surface area contributed by atoms with E-state index in [1.54, 1.807) is 0 Å². The second-order valence-electron chi connectivity index (χ2n) is 6.14. The van der Waals surface area contributed by atoms with E-state index in [9.17, 15) is 0 Å². The van der Waals surface area contributed by atoms with E-state index < -0.39 is 0 Å². The molecule has 0 saturated carbocycles. The summed E-state index contributed by atoms with van der Waals surface area (Å²) in [6, 6.07) is 26.7. The van der Waals surface area contributed by atoms with Crippen molar-refractivity contribution >= 4 is 70.8 Å². The van der Waals surface area contributed by atoms with Gasteiger partial charge in [0.25, 0.3) is 0 Å². The minimum atomic E-state index is 1.14. The molecule has 0 nitrogen and oxygen atoms in total. The molecule has 0 saturated heterocycles. The molecule has 24 heavy (non-hydrogen) atoms. The fourth-order valence-electron chi connectivity index (χ4n) is 3.60. The summed E-state index contributed by atoms with van der Waals surface area (Å²) in [4.78, 5) is 0.